The monoisotopic (exact) mass is 575 g/mol. The quantitative estimate of drug-likeness (QED) is 0.179. The first-order valence-corrected chi connectivity index (χ1v) is 15.0. The molecule has 1 N–H and O–H groups in total. The summed E-state index contributed by atoms with van der Waals surface area (Å²) in [5.41, 5.74) is 8.51. The fraction of sp³-hybridized carbons (Fsp3) is 0.128. The van der Waals surface area contributed by atoms with Crippen LogP contribution in [-0.2, 0) is 16.7 Å². The Labute approximate surface area is 257 Å². The zero-order valence-electron chi connectivity index (χ0n) is 24.3. The Hall–Kier alpha value is -5.42. The maximum absolute atomic E-state index is 12.8. The van der Waals surface area contributed by atoms with Crippen LogP contribution < -0.4 is 5.32 Å². The largest absolute Gasteiger partial charge is 0.449 e. The molecule has 0 spiro atoms. The molecule has 1 aromatic heterocycles. The minimum absolute atomic E-state index is 0.0333. The number of ether oxygens (including phenoxy) is 1. The lowest BCUT2D eigenvalue weighted by molar-refractivity contribution is 0.143. The summed E-state index contributed by atoms with van der Waals surface area (Å²) in [6.45, 7) is 0.713. The molecule has 0 bridgehead atoms. The number of amides is 1. The molecular weight excluding hydrogens is 542 g/mol. The van der Waals surface area contributed by atoms with Crippen molar-refractivity contribution in [1.29, 1.82) is 0 Å². The third-order valence-corrected chi connectivity index (χ3v) is 8.59. The predicted molar refractivity (Wildman–Crippen MR) is 174 cm³/mol. The molecule has 0 unspecified atom stereocenters. The van der Waals surface area contributed by atoms with Gasteiger partial charge in [-0.25, -0.2) is 9.78 Å². The molecule has 5 aromatic carbocycles. The number of carbonyl (C=O) groups is 1. The third-order valence-electron chi connectivity index (χ3n) is 8.59. The number of nitrogens with zero attached hydrogens (tertiary/aromatic N) is 2. The Morgan fingerprint density at radius 1 is 0.682 bits per heavy atom. The minimum Gasteiger partial charge on any atom is -0.449 e. The number of aromatic nitrogens is 2. The van der Waals surface area contributed by atoms with Crippen molar-refractivity contribution in [2.24, 2.45) is 0 Å². The number of fused-ring (bicyclic) bond motifs is 3. The molecule has 7 rings (SSSR count). The van der Waals surface area contributed by atoms with Crippen LogP contribution in [0.15, 0.2) is 152 Å². The maximum Gasteiger partial charge on any atom is 0.407 e. The molecule has 0 atom stereocenters. The first kappa shape index (κ1) is 27.4. The van der Waals surface area contributed by atoms with E-state index < -0.39 is 11.6 Å². The first-order valence-electron chi connectivity index (χ1n) is 15.0. The second kappa shape index (κ2) is 12.1. The zero-order chi connectivity index (χ0) is 29.8. The van der Waals surface area contributed by atoms with E-state index in [0.29, 0.717) is 19.6 Å². The van der Waals surface area contributed by atoms with Gasteiger partial charge in [-0.3, -0.25) is 0 Å². The van der Waals surface area contributed by atoms with Gasteiger partial charge in [-0.2, -0.15) is 0 Å². The predicted octanol–water partition coefficient (Wildman–Crippen LogP) is 7.80. The lowest BCUT2D eigenvalue weighted by atomic mass is 9.77. The van der Waals surface area contributed by atoms with Crippen LogP contribution in [0.25, 0.3) is 11.1 Å². The summed E-state index contributed by atoms with van der Waals surface area (Å²) in [6.07, 6.45) is 4.15. The summed E-state index contributed by atoms with van der Waals surface area (Å²) >= 11 is 0. The molecule has 0 fully saturated rings. The van der Waals surface area contributed by atoms with Gasteiger partial charge in [0.05, 0.1) is 12.0 Å². The number of hydrogen-bond donors (Lipinski definition) is 1. The van der Waals surface area contributed by atoms with E-state index >= 15 is 0 Å². The molecule has 5 nitrogen and oxygen atoms in total. The second-order valence-electron chi connectivity index (χ2n) is 11.1. The Morgan fingerprint density at radius 2 is 1.16 bits per heavy atom. The Balaban J connectivity index is 1.08. The van der Waals surface area contributed by atoms with Crippen molar-refractivity contribution < 1.29 is 9.53 Å². The molecule has 216 valence electrons. The summed E-state index contributed by atoms with van der Waals surface area (Å²) in [7, 11) is 0. The van der Waals surface area contributed by atoms with Gasteiger partial charge in [0.1, 0.15) is 12.1 Å². The van der Waals surface area contributed by atoms with E-state index in [-0.39, 0.29) is 5.92 Å². The highest BCUT2D eigenvalue weighted by Gasteiger charge is 2.38. The Kier molecular flexibility index (Phi) is 7.51. The average Bonchev–Trinajstić information content (AvgIpc) is 3.69. The van der Waals surface area contributed by atoms with Gasteiger partial charge < -0.3 is 14.6 Å². The van der Waals surface area contributed by atoms with E-state index in [1.807, 2.05) is 36.7 Å². The number of benzene rings is 5. The lowest BCUT2D eigenvalue weighted by Crippen LogP contribution is -2.37. The molecule has 0 saturated heterocycles. The van der Waals surface area contributed by atoms with E-state index in [2.05, 4.69) is 125 Å². The number of alkyl carbamates (subject to hydrolysis) is 1. The molecule has 1 amide bonds. The molecule has 0 radical (unpaired) electrons. The molecule has 1 heterocycles. The molecule has 44 heavy (non-hydrogen) atoms. The van der Waals surface area contributed by atoms with Crippen LogP contribution in [0.4, 0.5) is 4.79 Å². The average molecular weight is 576 g/mol. The number of nitrogens with one attached hydrogen (secondary N) is 1. The molecule has 0 aliphatic heterocycles. The van der Waals surface area contributed by atoms with E-state index in [0.717, 1.165) is 22.4 Å². The molecule has 1 aliphatic rings. The van der Waals surface area contributed by atoms with Gasteiger partial charge in [-0.05, 0) is 38.9 Å². The van der Waals surface area contributed by atoms with Crippen molar-refractivity contribution in [3.05, 3.63) is 186 Å². The van der Waals surface area contributed by atoms with Crippen LogP contribution >= 0.6 is 0 Å². The molecule has 1 aliphatic carbocycles. The van der Waals surface area contributed by atoms with Gasteiger partial charge in [-0.1, -0.05) is 140 Å². The van der Waals surface area contributed by atoms with Crippen molar-refractivity contribution in [1.82, 2.24) is 14.9 Å². The van der Waals surface area contributed by atoms with Crippen LogP contribution in [0.5, 0.6) is 0 Å². The van der Waals surface area contributed by atoms with Crippen molar-refractivity contribution in [3.8, 4) is 11.1 Å². The van der Waals surface area contributed by atoms with Crippen LogP contribution in [-0.4, -0.2) is 28.8 Å². The standard InChI is InChI=1S/C39H33N3O2/c43-38(44-27-37-35-22-12-10-20-33(35)34-21-11-13-23-36(34)37)40-25-24-32-26-42(28-41-32)39(29-14-4-1-5-15-29,30-16-6-2-7-17-30)31-18-8-3-9-19-31/h1-23,26,28,37H,24-25,27H2,(H,40,43). The van der Waals surface area contributed by atoms with E-state index in [4.69, 9.17) is 9.72 Å². The summed E-state index contributed by atoms with van der Waals surface area (Å²) < 4.78 is 7.93. The zero-order valence-corrected chi connectivity index (χ0v) is 24.3. The number of imidazole rings is 1. The summed E-state index contributed by atoms with van der Waals surface area (Å²) in [4.78, 5) is 17.6. The molecule has 0 saturated carbocycles. The van der Waals surface area contributed by atoms with Gasteiger partial charge in [-0.15, -0.1) is 0 Å². The van der Waals surface area contributed by atoms with Crippen LogP contribution in [0, 0.1) is 0 Å². The molecule has 5 heteroatoms. The minimum atomic E-state index is -0.616. The van der Waals surface area contributed by atoms with Crippen molar-refractivity contribution in [2.75, 3.05) is 13.2 Å². The van der Waals surface area contributed by atoms with Gasteiger partial charge >= 0.3 is 6.09 Å². The van der Waals surface area contributed by atoms with Gasteiger partial charge in [0.2, 0.25) is 0 Å². The Bertz CT molecular complexity index is 1720. The SMILES string of the molecule is O=C(NCCc1cn(C(c2ccccc2)(c2ccccc2)c2ccccc2)cn1)OCC1c2ccccc2-c2ccccc21. The molecular formula is C39H33N3O2. The fourth-order valence-electron chi connectivity index (χ4n) is 6.60. The van der Waals surface area contributed by atoms with Gasteiger partial charge in [0.25, 0.3) is 0 Å². The van der Waals surface area contributed by atoms with Crippen LogP contribution in [0.3, 0.4) is 0 Å². The van der Waals surface area contributed by atoms with E-state index in [1.54, 1.807) is 0 Å². The van der Waals surface area contributed by atoms with Gasteiger partial charge in [0, 0.05) is 25.1 Å². The highest BCUT2D eigenvalue weighted by atomic mass is 16.5. The summed E-state index contributed by atoms with van der Waals surface area (Å²) in [5.74, 6) is 0.0333. The topological polar surface area (TPSA) is 56.2 Å². The van der Waals surface area contributed by atoms with Crippen molar-refractivity contribution in [3.63, 3.8) is 0 Å². The van der Waals surface area contributed by atoms with Crippen molar-refractivity contribution >= 4 is 6.09 Å². The summed E-state index contributed by atoms with van der Waals surface area (Å²) in [5, 5.41) is 2.94. The first-order chi connectivity index (χ1) is 21.7. The maximum atomic E-state index is 12.8. The molecule has 6 aromatic rings. The number of rotatable bonds is 9. The van der Waals surface area contributed by atoms with E-state index in [1.165, 1.54) is 22.3 Å². The third kappa shape index (κ3) is 4.96. The highest BCUT2D eigenvalue weighted by molar-refractivity contribution is 5.79. The lowest BCUT2D eigenvalue weighted by Gasteiger charge is -2.37. The Morgan fingerprint density at radius 3 is 1.68 bits per heavy atom. The van der Waals surface area contributed by atoms with Crippen molar-refractivity contribution in [2.45, 2.75) is 17.9 Å². The van der Waals surface area contributed by atoms with E-state index in [9.17, 15) is 4.79 Å². The van der Waals surface area contributed by atoms with Crippen LogP contribution in [0.1, 0.15) is 39.4 Å². The number of carbonyl (C=O) groups excluding carboxylic acids is 1. The fourth-order valence-corrected chi connectivity index (χ4v) is 6.60. The normalized spacial score (nSPS) is 12.4. The number of hydrogen-bond acceptors (Lipinski definition) is 3. The van der Waals surface area contributed by atoms with Gasteiger partial charge in [0.15, 0.2) is 0 Å². The smallest absolute Gasteiger partial charge is 0.407 e. The summed E-state index contributed by atoms with van der Waals surface area (Å²) in [6, 6.07) is 48.3. The highest BCUT2D eigenvalue weighted by Crippen LogP contribution is 2.44. The van der Waals surface area contributed by atoms with Crippen LogP contribution in [0.2, 0.25) is 0 Å². The second-order valence-corrected chi connectivity index (χ2v) is 11.1.